The van der Waals surface area contributed by atoms with Gasteiger partial charge in [0.25, 0.3) is 0 Å². The Morgan fingerprint density at radius 2 is 1.75 bits per heavy atom. The Labute approximate surface area is 99.3 Å². The minimum atomic E-state index is -0.0811. The lowest BCUT2D eigenvalue weighted by Crippen LogP contribution is -2.13. The molecule has 0 bridgehead atoms. The van der Waals surface area contributed by atoms with Crippen molar-refractivity contribution in [2.24, 2.45) is 5.73 Å². The lowest BCUT2D eigenvalue weighted by Gasteiger charge is -2.10. The van der Waals surface area contributed by atoms with Gasteiger partial charge in [-0.1, -0.05) is 23.7 Å². The molecular weight excluding hydrogens is 222 g/mol. The molecule has 2 rings (SSSR count). The van der Waals surface area contributed by atoms with E-state index in [1.807, 2.05) is 24.3 Å². The van der Waals surface area contributed by atoms with Crippen molar-refractivity contribution in [1.29, 1.82) is 0 Å². The molecule has 1 unspecified atom stereocenters. The number of nitrogens with zero attached hydrogens (tertiary/aromatic N) is 2. The van der Waals surface area contributed by atoms with Crippen molar-refractivity contribution in [3.05, 3.63) is 59.1 Å². The normalized spacial score (nSPS) is 12.4. The number of aromatic nitrogens is 2. The summed E-state index contributed by atoms with van der Waals surface area (Å²) in [6.07, 6.45) is 5.74. The molecule has 0 aliphatic rings. The van der Waals surface area contributed by atoms with E-state index in [4.69, 9.17) is 17.3 Å². The van der Waals surface area contributed by atoms with Crippen LogP contribution in [-0.4, -0.2) is 9.97 Å². The standard InChI is InChI=1S/C12H12ClN3/c13-11-3-1-9(2-4-11)5-12(14)10-6-15-8-16-7-10/h1-4,6-8,12H,5,14H2. The summed E-state index contributed by atoms with van der Waals surface area (Å²) in [6.45, 7) is 0. The van der Waals surface area contributed by atoms with Gasteiger partial charge in [0.15, 0.2) is 0 Å². The minimum Gasteiger partial charge on any atom is -0.324 e. The van der Waals surface area contributed by atoms with Gasteiger partial charge in [-0.3, -0.25) is 0 Å². The topological polar surface area (TPSA) is 51.8 Å². The zero-order valence-corrected chi connectivity index (χ0v) is 9.43. The van der Waals surface area contributed by atoms with E-state index < -0.39 is 0 Å². The number of halogens is 1. The molecule has 0 spiro atoms. The second kappa shape index (κ2) is 5.05. The molecule has 4 heteroatoms. The maximum Gasteiger partial charge on any atom is 0.115 e. The number of nitrogens with two attached hydrogens (primary N) is 1. The van der Waals surface area contributed by atoms with Gasteiger partial charge in [0.2, 0.25) is 0 Å². The average molecular weight is 234 g/mol. The fourth-order valence-corrected chi connectivity index (χ4v) is 1.62. The maximum absolute atomic E-state index is 6.05. The quantitative estimate of drug-likeness (QED) is 0.886. The Morgan fingerprint density at radius 3 is 2.38 bits per heavy atom. The van der Waals surface area contributed by atoms with Crippen LogP contribution in [0, 0.1) is 0 Å². The van der Waals surface area contributed by atoms with Crippen LogP contribution in [0.4, 0.5) is 0 Å². The third kappa shape index (κ3) is 2.78. The van der Waals surface area contributed by atoms with E-state index in [2.05, 4.69) is 9.97 Å². The summed E-state index contributed by atoms with van der Waals surface area (Å²) >= 11 is 5.81. The van der Waals surface area contributed by atoms with Crippen LogP contribution in [-0.2, 0) is 6.42 Å². The first kappa shape index (κ1) is 11.0. The number of hydrogen-bond acceptors (Lipinski definition) is 3. The molecule has 82 valence electrons. The van der Waals surface area contributed by atoms with E-state index in [-0.39, 0.29) is 6.04 Å². The summed E-state index contributed by atoms with van der Waals surface area (Å²) < 4.78 is 0. The van der Waals surface area contributed by atoms with E-state index in [0.29, 0.717) is 0 Å². The monoisotopic (exact) mass is 233 g/mol. The van der Waals surface area contributed by atoms with Crippen LogP contribution >= 0.6 is 11.6 Å². The Kier molecular flexibility index (Phi) is 3.49. The first-order valence-electron chi connectivity index (χ1n) is 5.00. The van der Waals surface area contributed by atoms with E-state index in [1.165, 1.54) is 6.33 Å². The predicted molar refractivity (Wildman–Crippen MR) is 64.1 cm³/mol. The van der Waals surface area contributed by atoms with Crippen LogP contribution in [0.25, 0.3) is 0 Å². The molecule has 0 amide bonds. The van der Waals surface area contributed by atoms with Gasteiger partial charge in [0, 0.05) is 29.0 Å². The zero-order valence-electron chi connectivity index (χ0n) is 8.68. The van der Waals surface area contributed by atoms with E-state index in [1.54, 1.807) is 12.4 Å². The number of hydrogen-bond donors (Lipinski definition) is 1. The highest BCUT2D eigenvalue weighted by Crippen LogP contribution is 2.16. The molecule has 1 heterocycles. The smallest absolute Gasteiger partial charge is 0.115 e. The van der Waals surface area contributed by atoms with Crippen LogP contribution in [0.2, 0.25) is 5.02 Å². The molecule has 1 atom stereocenters. The van der Waals surface area contributed by atoms with Crippen molar-refractivity contribution in [2.45, 2.75) is 12.5 Å². The van der Waals surface area contributed by atoms with Gasteiger partial charge >= 0.3 is 0 Å². The second-order valence-electron chi connectivity index (χ2n) is 3.61. The van der Waals surface area contributed by atoms with Gasteiger partial charge in [-0.25, -0.2) is 9.97 Å². The molecule has 3 nitrogen and oxygen atoms in total. The molecule has 0 aliphatic carbocycles. The van der Waals surface area contributed by atoms with E-state index in [9.17, 15) is 0 Å². The molecule has 2 aromatic rings. The van der Waals surface area contributed by atoms with Gasteiger partial charge in [-0.2, -0.15) is 0 Å². The SMILES string of the molecule is NC(Cc1ccc(Cl)cc1)c1cncnc1. The molecule has 0 saturated heterocycles. The number of benzene rings is 1. The molecule has 1 aromatic heterocycles. The van der Waals surface area contributed by atoms with Gasteiger partial charge in [-0.05, 0) is 24.1 Å². The van der Waals surface area contributed by atoms with Crippen molar-refractivity contribution in [3.8, 4) is 0 Å². The fraction of sp³-hybridized carbons (Fsp3) is 0.167. The Morgan fingerprint density at radius 1 is 1.12 bits per heavy atom. The van der Waals surface area contributed by atoms with Crippen molar-refractivity contribution < 1.29 is 0 Å². The summed E-state index contributed by atoms with van der Waals surface area (Å²) in [6, 6.07) is 7.61. The third-order valence-corrected chi connectivity index (χ3v) is 2.63. The van der Waals surface area contributed by atoms with Gasteiger partial charge < -0.3 is 5.73 Å². The molecule has 0 fully saturated rings. The fourth-order valence-electron chi connectivity index (χ4n) is 1.49. The van der Waals surface area contributed by atoms with Gasteiger partial charge in [0.1, 0.15) is 6.33 Å². The summed E-state index contributed by atoms with van der Waals surface area (Å²) in [5.41, 5.74) is 8.15. The predicted octanol–water partition coefficient (Wildman–Crippen LogP) is 2.37. The second-order valence-corrected chi connectivity index (χ2v) is 4.05. The lowest BCUT2D eigenvalue weighted by molar-refractivity contribution is 0.713. The van der Waals surface area contributed by atoms with Crippen LogP contribution in [0.15, 0.2) is 43.0 Å². The van der Waals surface area contributed by atoms with Crippen molar-refractivity contribution in [3.63, 3.8) is 0 Å². The Bertz CT molecular complexity index is 442. The largest absolute Gasteiger partial charge is 0.324 e. The Hall–Kier alpha value is -1.45. The maximum atomic E-state index is 6.05. The highest BCUT2D eigenvalue weighted by atomic mass is 35.5. The van der Waals surface area contributed by atoms with Gasteiger partial charge in [-0.15, -0.1) is 0 Å². The van der Waals surface area contributed by atoms with Crippen LogP contribution in [0.3, 0.4) is 0 Å². The van der Waals surface area contributed by atoms with E-state index in [0.717, 1.165) is 22.6 Å². The molecule has 2 N–H and O–H groups in total. The molecule has 16 heavy (non-hydrogen) atoms. The first-order chi connectivity index (χ1) is 7.75. The van der Waals surface area contributed by atoms with Crippen molar-refractivity contribution in [2.75, 3.05) is 0 Å². The van der Waals surface area contributed by atoms with Crippen molar-refractivity contribution in [1.82, 2.24) is 9.97 Å². The van der Waals surface area contributed by atoms with Crippen LogP contribution in [0.5, 0.6) is 0 Å². The summed E-state index contributed by atoms with van der Waals surface area (Å²) in [5.74, 6) is 0. The molecule has 1 aromatic carbocycles. The van der Waals surface area contributed by atoms with E-state index >= 15 is 0 Å². The third-order valence-electron chi connectivity index (χ3n) is 2.38. The van der Waals surface area contributed by atoms with Gasteiger partial charge in [0.05, 0.1) is 0 Å². The molecule has 0 saturated carbocycles. The summed E-state index contributed by atoms with van der Waals surface area (Å²) in [5, 5.41) is 0.736. The summed E-state index contributed by atoms with van der Waals surface area (Å²) in [4.78, 5) is 7.90. The molecule has 0 radical (unpaired) electrons. The molecular formula is C12H12ClN3. The zero-order chi connectivity index (χ0) is 11.4. The highest BCUT2D eigenvalue weighted by Gasteiger charge is 2.07. The lowest BCUT2D eigenvalue weighted by atomic mass is 10.0. The van der Waals surface area contributed by atoms with Crippen LogP contribution in [0.1, 0.15) is 17.2 Å². The average Bonchev–Trinajstić information content (AvgIpc) is 2.33. The first-order valence-corrected chi connectivity index (χ1v) is 5.38. The number of rotatable bonds is 3. The minimum absolute atomic E-state index is 0.0811. The molecule has 0 aliphatic heterocycles. The highest BCUT2D eigenvalue weighted by molar-refractivity contribution is 6.30. The Balaban J connectivity index is 2.08. The van der Waals surface area contributed by atoms with Crippen molar-refractivity contribution >= 4 is 11.6 Å². The summed E-state index contributed by atoms with van der Waals surface area (Å²) in [7, 11) is 0. The van der Waals surface area contributed by atoms with Crippen LogP contribution < -0.4 is 5.73 Å².